The summed E-state index contributed by atoms with van der Waals surface area (Å²) < 4.78 is 10.9. The van der Waals surface area contributed by atoms with Gasteiger partial charge in [0, 0.05) is 31.8 Å². The average Bonchev–Trinajstić information content (AvgIpc) is 2.46. The molecule has 1 aliphatic heterocycles. The Bertz CT molecular complexity index is 371. The van der Waals surface area contributed by atoms with E-state index in [9.17, 15) is 24.9 Å². The van der Waals surface area contributed by atoms with Crippen molar-refractivity contribution in [1.29, 1.82) is 0 Å². The molecule has 0 amide bonds. The molecule has 0 aromatic carbocycles. The van der Waals surface area contributed by atoms with Gasteiger partial charge >= 0.3 is 0 Å². The second-order valence-corrected chi connectivity index (χ2v) is 6.06. The van der Waals surface area contributed by atoms with Gasteiger partial charge in [-0.15, -0.1) is 0 Å². The van der Waals surface area contributed by atoms with E-state index >= 15 is 0 Å². The first-order valence-corrected chi connectivity index (χ1v) is 8.25. The van der Waals surface area contributed by atoms with Crippen LogP contribution in [0.4, 0.5) is 0 Å². The van der Waals surface area contributed by atoms with Gasteiger partial charge in [0.2, 0.25) is 0 Å². The van der Waals surface area contributed by atoms with Gasteiger partial charge in [-0.05, 0) is 19.8 Å². The lowest BCUT2D eigenvalue weighted by Gasteiger charge is -2.35. The summed E-state index contributed by atoms with van der Waals surface area (Å²) in [6.45, 7) is 2.21. The standard InChI is InChI=1S/C16H28O7/c1-11-13(18)10-14(19)16(23-11)22-8-6-4-2-3-5-7-12(17)9-15(20)21/h11,13-14,16,18-19H,2-10H2,1H3,(H,20,21)/p-1/t11-,13+,14+,16+/m0/s1. The van der Waals surface area contributed by atoms with Crippen LogP contribution in [-0.2, 0) is 19.1 Å². The number of hydrogen-bond acceptors (Lipinski definition) is 7. The number of carbonyl (C=O) groups is 2. The summed E-state index contributed by atoms with van der Waals surface area (Å²) in [6.07, 6.45) is 1.77. The number of carboxylic acids is 1. The lowest BCUT2D eigenvalue weighted by atomic mass is 10.0. The second-order valence-electron chi connectivity index (χ2n) is 6.06. The molecule has 0 saturated carbocycles. The molecule has 2 N–H and O–H groups in total. The molecule has 134 valence electrons. The van der Waals surface area contributed by atoms with Crippen molar-refractivity contribution in [2.24, 2.45) is 0 Å². The molecule has 0 aliphatic carbocycles. The smallest absolute Gasteiger partial charge is 0.183 e. The number of unbranched alkanes of at least 4 members (excludes halogenated alkanes) is 4. The van der Waals surface area contributed by atoms with Crippen LogP contribution in [0.5, 0.6) is 0 Å². The normalized spacial score (nSPS) is 27.8. The summed E-state index contributed by atoms with van der Waals surface area (Å²) in [7, 11) is 0. The number of ketones is 1. The average molecular weight is 331 g/mol. The second kappa shape index (κ2) is 10.7. The number of carboxylic acid groups (broad SMARTS) is 1. The first kappa shape index (κ1) is 20.0. The summed E-state index contributed by atoms with van der Waals surface area (Å²) in [6, 6.07) is 0. The van der Waals surface area contributed by atoms with Gasteiger partial charge in [0.15, 0.2) is 6.29 Å². The number of aliphatic carboxylic acids is 1. The Morgan fingerprint density at radius 2 is 1.78 bits per heavy atom. The molecule has 0 aromatic heterocycles. The van der Waals surface area contributed by atoms with E-state index in [1.165, 1.54) is 0 Å². The highest BCUT2D eigenvalue weighted by Crippen LogP contribution is 2.21. The minimum atomic E-state index is -1.32. The van der Waals surface area contributed by atoms with Crippen molar-refractivity contribution >= 4 is 11.8 Å². The van der Waals surface area contributed by atoms with E-state index in [2.05, 4.69) is 0 Å². The summed E-state index contributed by atoms with van der Waals surface area (Å²) in [5.74, 6) is -1.60. The minimum absolute atomic E-state index is 0.256. The van der Waals surface area contributed by atoms with Crippen molar-refractivity contribution in [3.05, 3.63) is 0 Å². The molecule has 7 nitrogen and oxygen atoms in total. The molecule has 1 aliphatic rings. The number of carbonyl (C=O) groups excluding carboxylic acids is 2. The van der Waals surface area contributed by atoms with Crippen LogP contribution in [0.3, 0.4) is 0 Å². The van der Waals surface area contributed by atoms with Gasteiger partial charge in [-0.1, -0.05) is 19.3 Å². The van der Waals surface area contributed by atoms with Crippen LogP contribution in [0.1, 0.15) is 58.3 Å². The van der Waals surface area contributed by atoms with Crippen LogP contribution in [0, 0.1) is 0 Å². The molecule has 0 bridgehead atoms. The van der Waals surface area contributed by atoms with Gasteiger partial charge in [-0.25, -0.2) is 0 Å². The molecule has 0 spiro atoms. The molecule has 4 atom stereocenters. The molecule has 23 heavy (non-hydrogen) atoms. The number of aliphatic hydroxyl groups is 2. The SMILES string of the molecule is C[C@@H]1O[C@@H](OCCCCCCCC(=O)CC(=O)[O-])[C@H](O)C[C@H]1O. The highest BCUT2D eigenvalue weighted by molar-refractivity contribution is 5.93. The molecule has 0 aromatic rings. The Kier molecular flexibility index (Phi) is 9.31. The van der Waals surface area contributed by atoms with Gasteiger partial charge in [0.1, 0.15) is 11.9 Å². The predicted octanol–water partition coefficient (Wildman–Crippen LogP) is -0.0906. The largest absolute Gasteiger partial charge is 0.550 e. The highest BCUT2D eigenvalue weighted by Gasteiger charge is 2.34. The van der Waals surface area contributed by atoms with Crippen molar-refractivity contribution in [3.63, 3.8) is 0 Å². The zero-order chi connectivity index (χ0) is 17.2. The number of aliphatic hydroxyl groups excluding tert-OH is 2. The molecule has 1 fully saturated rings. The Balaban J connectivity index is 1.97. The first-order chi connectivity index (χ1) is 10.9. The van der Waals surface area contributed by atoms with Crippen molar-refractivity contribution in [2.75, 3.05) is 6.61 Å². The predicted molar refractivity (Wildman–Crippen MR) is 79.3 cm³/mol. The topological polar surface area (TPSA) is 116 Å². The first-order valence-electron chi connectivity index (χ1n) is 8.25. The van der Waals surface area contributed by atoms with Gasteiger partial charge in [0.25, 0.3) is 0 Å². The summed E-state index contributed by atoms with van der Waals surface area (Å²) in [5.41, 5.74) is 0. The zero-order valence-electron chi connectivity index (χ0n) is 13.6. The Hall–Kier alpha value is -1.02. The van der Waals surface area contributed by atoms with E-state index in [1.54, 1.807) is 6.92 Å². The molecule has 0 radical (unpaired) electrons. The molecular weight excluding hydrogens is 304 g/mol. The van der Waals surface area contributed by atoms with Crippen LogP contribution in [0.15, 0.2) is 0 Å². The lowest BCUT2D eigenvalue weighted by Crippen LogP contribution is -2.47. The summed E-state index contributed by atoms with van der Waals surface area (Å²) in [5, 5.41) is 29.5. The Labute approximate surface area is 136 Å². The maximum atomic E-state index is 11.1. The number of hydrogen-bond donors (Lipinski definition) is 2. The quantitative estimate of drug-likeness (QED) is 0.401. The third-order valence-electron chi connectivity index (χ3n) is 3.91. The van der Waals surface area contributed by atoms with Crippen molar-refractivity contribution in [1.82, 2.24) is 0 Å². The van der Waals surface area contributed by atoms with Crippen molar-refractivity contribution in [3.8, 4) is 0 Å². The van der Waals surface area contributed by atoms with Crippen LogP contribution < -0.4 is 5.11 Å². The fourth-order valence-corrected chi connectivity index (χ4v) is 2.50. The zero-order valence-corrected chi connectivity index (χ0v) is 13.6. The summed E-state index contributed by atoms with van der Waals surface area (Å²) in [4.78, 5) is 21.4. The minimum Gasteiger partial charge on any atom is -0.550 e. The van der Waals surface area contributed by atoms with Gasteiger partial charge in [-0.2, -0.15) is 0 Å². The maximum absolute atomic E-state index is 11.1. The molecule has 1 saturated heterocycles. The van der Waals surface area contributed by atoms with E-state index in [1.807, 2.05) is 0 Å². The van der Waals surface area contributed by atoms with Crippen LogP contribution >= 0.6 is 0 Å². The third-order valence-corrected chi connectivity index (χ3v) is 3.91. The third kappa shape index (κ3) is 8.41. The van der Waals surface area contributed by atoms with E-state index in [-0.39, 0.29) is 24.7 Å². The molecule has 1 heterocycles. The lowest BCUT2D eigenvalue weighted by molar-refractivity contribution is -0.304. The van der Waals surface area contributed by atoms with Gasteiger partial charge in [0.05, 0.1) is 12.2 Å². The number of rotatable bonds is 11. The monoisotopic (exact) mass is 331 g/mol. The Morgan fingerprint density at radius 3 is 2.48 bits per heavy atom. The van der Waals surface area contributed by atoms with Gasteiger partial charge < -0.3 is 29.6 Å². The van der Waals surface area contributed by atoms with Crippen molar-refractivity contribution < 1.29 is 34.4 Å². The highest BCUT2D eigenvalue weighted by atomic mass is 16.7. The molecule has 1 rings (SSSR count). The fraction of sp³-hybridized carbons (Fsp3) is 0.875. The van der Waals surface area contributed by atoms with Crippen LogP contribution in [0.25, 0.3) is 0 Å². The number of Topliss-reactive ketones (excluding diaryl/α,β-unsaturated/α-hetero) is 1. The molecule has 7 heteroatoms. The van der Waals surface area contributed by atoms with E-state index in [4.69, 9.17) is 9.47 Å². The maximum Gasteiger partial charge on any atom is 0.183 e. The van der Waals surface area contributed by atoms with E-state index in [0.29, 0.717) is 13.0 Å². The summed E-state index contributed by atoms with van der Waals surface area (Å²) >= 11 is 0. The van der Waals surface area contributed by atoms with Crippen LogP contribution in [0.2, 0.25) is 0 Å². The van der Waals surface area contributed by atoms with Crippen LogP contribution in [-0.4, -0.2) is 53.2 Å². The number of ether oxygens (including phenoxy) is 2. The fourth-order valence-electron chi connectivity index (χ4n) is 2.50. The van der Waals surface area contributed by atoms with E-state index < -0.39 is 30.9 Å². The Morgan fingerprint density at radius 1 is 1.13 bits per heavy atom. The van der Waals surface area contributed by atoms with Crippen molar-refractivity contribution in [2.45, 2.75) is 82.9 Å². The van der Waals surface area contributed by atoms with E-state index in [0.717, 1.165) is 25.7 Å². The molecular formula is C16H27O7-. The molecule has 0 unspecified atom stereocenters. The van der Waals surface area contributed by atoms with Gasteiger partial charge in [-0.3, -0.25) is 4.79 Å².